The molecule has 0 saturated heterocycles. The van der Waals surface area contributed by atoms with Crippen LogP contribution in [-0.2, 0) is 0 Å². The van der Waals surface area contributed by atoms with Crippen LogP contribution in [0, 0.1) is 0 Å². The van der Waals surface area contributed by atoms with E-state index >= 15 is 0 Å². The summed E-state index contributed by atoms with van der Waals surface area (Å²) in [5.74, 6) is -0.778. The van der Waals surface area contributed by atoms with Crippen molar-refractivity contribution in [2.24, 2.45) is 0 Å². The molecule has 92 valence electrons. The van der Waals surface area contributed by atoms with Crippen LogP contribution in [0.5, 0.6) is 0 Å². The third-order valence-corrected chi connectivity index (χ3v) is 2.94. The summed E-state index contributed by atoms with van der Waals surface area (Å²) in [4.78, 5) is 18.5. The Labute approximate surface area is 116 Å². The van der Waals surface area contributed by atoms with E-state index in [9.17, 15) is 4.79 Å². The normalized spacial score (nSPS) is 10.1. The third kappa shape index (κ3) is 2.96. The molecule has 1 heterocycles. The first kappa shape index (κ1) is 12.8. The molecule has 0 aliphatic rings. The van der Waals surface area contributed by atoms with Crippen LogP contribution in [0.25, 0.3) is 0 Å². The molecule has 0 fully saturated rings. The van der Waals surface area contributed by atoms with E-state index in [4.69, 9.17) is 16.7 Å². The van der Waals surface area contributed by atoms with Gasteiger partial charge in [0.15, 0.2) is 5.69 Å². The molecule has 0 atom stereocenters. The monoisotopic (exact) mass is 327 g/mol. The maximum absolute atomic E-state index is 10.8. The number of anilines is 2. The molecule has 18 heavy (non-hydrogen) atoms. The van der Waals surface area contributed by atoms with Gasteiger partial charge < -0.3 is 10.4 Å². The van der Waals surface area contributed by atoms with Crippen molar-refractivity contribution >= 4 is 45.0 Å². The Balaban J connectivity index is 2.28. The van der Waals surface area contributed by atoms with E-state index in [1.807, 2.05) is 0 Å². The fourth-order valence-corrected chi connectivity index (χ4v) is 2.04. The summed E-state index contributed by atoms with van der Waals surface area (Å²) in [5, 5.41) is 12.4. The van der Waals surface area contributed by atoms with E-state index in [0.717, 1.165) is 10.2 Å². The lowest BCUT2D eigenvalue weighted by Crippen LogP contribution is -2.04. The minimum Gasteiger partial charge on any atom is -0.476 e. The molecule has 1 aromatic heterocycles. The second-order valence-corrected chi connectivity index (χ2v) is 4.63. The van der Waals surface area contributed by atoms with Crippen molar-refractivity contribution in [1.82, 2.24) is 9.97 Å². The maximum Gasteiger partial charge on any atom is 0.356 e. The van der Waals surface area contributed by atoms with Crippen LogP contribution < -0.4 is 5.32 Å². The Morgan fingerprint density at radius 1 is 1.39 bits per heavy atom. The molecule has 7 heteroatoms. The van der Waals surface area contributed by atoms with E-state index in [1.165, 1.54) is 12.4 Å². The molecule has 0 radical (unpaired) electrons. The van der Waals surface area contributed by atoms with Crippen molar-refractivity contribution in [2.45, 2.75) is 0 Å². The molecular formula is C11H7BrClN3O2. The number of rotatable bonds is 3. The molecular weight excluding hydrogens is 321 g/mol. The highest BCUT2D eigenvalue weighted by Crippen LogP contribution is 2.27. The van der Waals surface area contributed by atoms with Crippen molar-refractivity contribution in [3.63, 3.8) is 0 Å². The first-order chi connectivity index (χ1) is 8.56. The SMILES string of the molecule is O=C(O)c1cncc(Nc2ccc(Cl)cc2Br)n1. The standard InChI is InChI=1S/C11H7BrClN3O2/c12-7-3-6(13)1-2-8(7)15-10-5-14-4-9(16-10)11(17)18/h1-5H,(H,15,16)(H,17,18). The summed E-state index contributed by atoms with van der Waals surface area (Å²) >= 11 is 9.16. The Kier molecular flexibility index (Phi) is 3.78. The summed E-state index contributed by atoms with van der Waals surface area (Å²) in [7, 11) is 0. The fraction of sp³-hybridized carbons (Fsp3) is 0. The van der Waals surface area contributed by atoms with Crippen molar-refractivity contribution in [3.8, 4) is 0 Å². The second kappa shape index (κ2) is 5.32. The number of carbonyl (C=O) groups is 1. The van der Waals surface area contributed by atoms with Gasteiger partial charge in [-0.25, -0.2) is 9.78 Å². The quantitative estimate of drug-likeness (QED) is 0.904. The van der Waals surface area contributed by atoms with E-state index in [0.29, 0.717) is 10.8 Å². The van der Waals surface area contributed by atoms with Gasteiger partial charge in [-0.2, -0.15) is 0 Å². The number of benzene rings is 1. The number of aromatic carboxylic acids is 1. The summed E-state index contributed by atoms with van der Waals surface area (Å²) < 4.78 is 0.748. The number of aromatic nitrogens is 2. The van der Waals surface area contributed by atoms with E-state index < -0.39 is 5.97 Å². The molecule has 0 aliphatic carbocycles. The predicted molar refractivity (Wildman–Crippen MR) is 71.4 cm³/mol. The first-order valence-electron chi connectivity index (χ1n) is 4.83. The van der Waals surface area contributed by atoms with Gasteiger partial charge in [0.25, 0.3) is 0 Å². The molecule has 0 bridgehead atoms. The van der Waals surface area contributed by atoms with Gasteiger partial charge in [-0.3, -0.25) is 4.98 Å². The van der Waals surface area contributed by atoms with Gasteiger partial charge in [0.05, 0.1) is 18.1 Å². The van der Waals surface area contributed by atoms with Crippen LogP contribution >= 0.6 is 27.5 Å². The zero-order valence-corrected chi connectivity index (χ0v) is 11.2. The van der Waals surface area contributed by atoms with Gasteiger partial charge in [0.2, 0.25) is 0 Å². The Morgan fingerprint density at radius 3 is 2.83 bits per heavy atom. The molecule has 1 aromatic carbocycles. The van der Waals surface area contributed by atoms with Crippen LogP contribution in [0.2, 0.25) is 5.02 Å². The number of carboxylic acid groups (broad SMARTS) is 1. The Morgan fingerprint density at radius 2 is 2.17 bits per heavy atom. The first-order valence-corrected chi connectivity index (χ1v) is 6.01. The van der Waals surface area contributed by atoms with E-state index in [1.54, 1.807) is 18.2 Å². The smallest absolute Gasteiger partial charge is 0.356 e. The number of nitrogens with zero attached hydrogens (tertiary/aromatic N) is 2. The summed E-state index contributed by atoms with van der Waals surface area (Å²) in [6.45, 7) is 0. The number of hydrogen-bond acceptors (Lipinski definition) is 4. The van der Waals surface area contributed by atoms with E-state index in [2.05, 4.69) is 31.2 Å². The minimum atomic E-state index is -1.12. The van der Waals surface area contributed by atoms with Crippen LogP contribution in [0.4, 0.5) is 11.5 Å². The van der Waals surface area contributed by atoms with Gasteiger partial charge in [-0.1, -0.05) is 11.6 Å². The fourth-order valence-electron chi connectivity index (χ4n) is 1.26. The molecule has 2 rings (SSSR count). The van der Waals surface area contributed by atoms with Crippen LogP contribution in [0.15, 0.2) is 35.1 Å². The number of hydrogen-bond donors (Lipinski definition) is 2. The van der Waals surface area contributed by atoms with Gasteiger partial charge in [-0.05, 0) is 34.1 Å². The molecule has 2 N–H and O–H groups in total. The average molecular weight is 329 g/mol. The molecule has 2 aromatic rings. The molecule has 0 spiro atoms. The predicted octanol–water partition coefficient (Wildman–Crippen LogP) is 3.33. The second-order valence-electron chi connectivity index (χ2n) is 3.34. The summed E-state index contributed by atoms with van der Waals surface area (Å²) in [6.07, 6.45) is 2.62. The van der Waals surface area contributed by atoms with E-state index in [-0.39, 0.29) is 5.69 Å². The van der Waals surface area contributed by atoms with Gasteiger partial charge in [0.1, 0.15) is 5.82 Å². The third-order valence-electron chi connectivity index (χ3n) is 2.05. The molecule has 5 nitrogen and oxygen atoms in total. The minimum absolute atomic E-state index is 0.120. The van der Waals surface area contributed by atoms with Crippen LogP contribution in [0.1, 0.15) is 10.5 Å². The molecule has 0 unspecified atom stereocenters. The zero-order chi connectivity index (χ0) is 13.1. The maximum atomic E-state index is 10.8. The largest absolute Gasteiger partial charge is 0.476 e. The van der Waals surface area contributed by atoms with Crippen molar-refractivity contribution in [1.29, 1.82) is 0 Å². The number of halogens is 2. The Hall–Kier alpha value is -1.66. The lowest BCUT2D eigenvalue weighted by Gasteiger charge is -2.08. The highest BCUT2D eigenvalue weighted by atomic mass is 79.9. The van der Waals surface area contributed by atoms with Gasteiger partial charge in [0, 0.05) is 9.50 Å². The van der Waals surface area contributed by atoms with Crippen molar-refractivity contribution in [2.75, 3.05) is 5.32 Å². The van der Waals surface area contributed by atoms with Gasteiger partial charge in [-0.15, -0.1) is 0 Å². The highest BCUT2D eigenvalue weighted by molar-refractivity contribution is 9.10. The lowest BCUT2D eigenvalue weighted by atomic mass is 10.3. The lowest BCUT2D eigenvalue weighted by molar-refractivity contribution is 0.0690. The highest BCUT2D eigenvalue weighted by Gasteiger charge is 2.07. The summed E-state index contributed by atoms with van der Waals surface area (Å²) in [6, 6.07) is 5.18. The van der Waals surface area contributed by atoms with Crippen molar-refractivity contribution in [3.05, 3.63) is 45.8 Å². The topological polar surface area (TPSA) is 75.1 Å². The van der Waals surface area contributed by atoms with Crippen LogP contribution in [0.3, 0.4) is 0 Å². The zero-order valence-electron chi connectivity index (χ0n) is 8.89. The molecule has 0 aliphatic heterocycles. The average Bonchev–Trinajstić information content (AvgIpc) is 2.33. The molecule has 0 amide bonds. The van der Waals surface area contributed by atoms with Gasteiger partial charge >= 0.3 is 5.97 Å². The molecule has 0 saturated carbocycles. The van der Waals surface area contributed by atoms with Crippen LogP contribution in [-0.4, -0.2) is 21.0 Å². The summed E-state index contributed by atoms with van der Waals surface area (Å²) in [5.41, 5.74) is 0.598. The Bertz CT molecular complexity index is 607. The van der Waals surface area contributed by atoms with Crippen molar-refractivity contribution < 1.29 is 9.90 Å². The number of carboxylic acids is 1. The number of nitrogens with one attached hydrogen (secondary N) is 1.